The molecule has 0 bridgehead atoms. The molecule has 4 atom stereocenters. The molecule has 0 aromatic carbocycles. The van der Waals surface area contributed by atoms with E-state index in [-0.39, 0.29) is 22.9 Å². The highest BCUT2D eigenvalue weighted by atomic mass is 16.6. The van der Waals surface area contributed by atoms with Gasteiger partial charge in [0.15, 0.2) is 0 Å². The van der Waals surface area contributed by atoms with Crippen LogP contribution in [0.2, 0.25) is 0 Å². The van der Waals surface area contributed by atoms with Crippen molar-refractivity contribution >= 4 is 5.97 Å². The van der Waals surface area contributed by atoms with Crippen molar-refractivity contribution in [3.63, 3.8) is 0 Å². The molecule has 2 fully saturated rings. The molecular weight excluding hydrogens is 264 g/mol. The van der Waals surface area contributed by atoms with Crippen LogP contribution in [0.4, 0.5) is 0 Å². The lowest BCUT2D eigenvalue weighted by Crippen LogP contribution is -2.54. The number of allylic oxidation sites excluding steroid dienone is 1. The van der Waals surface area contributed by atoms with Gasteiger partial charge in [-0.25, -0.2) is 0 Å². The number of cyclic esters (lactones) is 1. The first-order valence-corrected chi connectivity index (χ1v) is 8.31. The number of ether oxygens (including phenoxy) is 1. The maximum absolute atomic E-state index is 12.0. The molecule has 1 saturated heterocycles. The molecule has 3 rings (SSSR count). The van der Waals surface area contributed by atoms with Gasteiger partial charge >= 0.3 is 5.97 Å². The molecule has 0 spiro atoms. The van der Waals surface area contributed by atoms with Gasteiger partial charge in [-0.2, -0.15) is 0 Å². The molecule has 21 heavy (non-hydrogen) atoms. The number of hydrogen-bond acceptors (Lipinski definition) is 3. The average Bonchev–Trinajstić information content (AvgIpc) is 2.46. The van der Waals surface area contributed by atoms with Gasteiger partial charge in [-0.3, -0.25) is 4.79 Å². The number of aliphatic hydroxyl groups excluding tert-OH is 1. The van der Waals surface area contributed by atoms with Gasteiger partial charge in [-0.05, 0) is 51.4 Å². The minimum absolute atomic E-state index is 0.0376. The Morgan fingerprint density at radius 2 is 1.86 bits per heavy atom. The highest BCUT2D eigenvalue weighted by Crippen LogP contribution is 2.62. The quantitative estimate of drug-likeness (QED) is 0.548. The molecule has 1 saturated carbocycles. The highest BCUT2D eigenvalue weighted by Gasteiger charge is 2.58. The Labute approximate surface area is 127 Å². The van der Waals surface area contributed by atoms with E-state index in [1.54, 1.807) is 0 Å². The molecule has 0 amide bonds. The molecule has 0 aromatic heterocycles. The third kappa shape index (κ3) is 2.08. The Kier molecular flexibility index (Phi) is 3.29. The third-order valence-corrected chi connectivity index (χ3v) is 6.54. The average molecular weight is 292 g/mol. The Morgan fingerprint density at radius 3 is 2.57 bits per heavy atom. The van der Waals surface area contributed by atoms with Crippen molar-refractivity contribution in [1.29, 1.82) is 0 Å². The first-order chi connectivity index (χ1) is 9.70. The number of carbonyl (C=O) groups excluding carboxylic acids is 1. The minimum atomic E-state index is -0.424. The van der Waals surface area contributed by atoms with Gasteiger partial charge in [-0.1, -0.05) is 25.5 Å². The van der Waals surface area contributed by atoms with Crippen molar-refractivity contribution in [2.75, 3.05) is 0 Å². The van der Waals surface area contributed by atoms with Crippen LogP contribution in [0.3, 0.4) is 0 Å². The van der Waals surface area contributed by atoms with Crippen LogP contribution in [0.1, 0.15) is 66.2 Å². The van der Waals surface area contributed by atoms with Gasteiger partial charge in [-0.15, -0.1) is 0 Å². The molecule has 3 aliphatic rings. The number of carbonyl (C=O) groups is 1. The third-order valence-electron chi connectivity index (χ3n) is 6.54. The second-order valence-corrected chi connectivity index (χ2v) is 8.21. The SMILES string of the molecule is CC1(C)OC(=O)CC[C@]2(C)C3=CCC[C@@H](O)[C@]3(C)CC[C@@H]12. The summed E-state index contributed by atoms with van der Waals surface area (Å²) in [4.78, 5) is 12.0. The van der Waals surface area contributed by atoms with Gasteiger partial charge < -0.3 is 9.84 Å². The summed E-state index contributed by atoms with van der Waals surface area (Å²) in [6.07, 6.45) is 7.24. The molecule has 2 aliphatic carbocycles. The lowest BCUT2D eigenvalue weighted by atomic mass is 9.48. The topological polar surface area (TPSA) is 46.5 Å². The van der Waals surface area contributed by atoms with Crippen molar-refractivity contribution in [3.8, 4) is 0 Å². The fraction of sp³-hybridized carbons (Fsp3) is 0.833. The van der Waals surface area contributed by atoms with Crippen LogP contribution in [0, 0.1) is 16.7 Å². The highest BCUT2D eigenvalue weighted by molar-refractivity contribution is 5.70. The standard InChI is InChI=1S/C18H28O3/c1-16(2)12-8-10-18(4)13(6-5-7-14(18)19)17(12,3)11-9-15(20)21-16/h6,12,14,19H,5,7-11H2,1-4H3/t12-,14+,17-,18+/m0/s1. The monoisotopic (exact) mass is 292 g/mol. The molecule has 0 aromatic rings. The Morgan fingerprint density at radius 1 is 1.14 bits per heavy atom. The lowest BCUT2D eigenvalue weighted by molar-refractivity contribution is -0.163. The largest absolute Gasteiger partial charge is 0.459 e. The maximum Gasteiger partial charge on any atom is 0.306 e. The first-order valence-electron chi connectivity index (χ1n) is 8.31. The molecular formula is C18H28O3. The fourth-order valence-corrected chi connectivity index (χ4v) is 5.45. The van der Waals surface area contributed by atoms with E-state index in [2.05, 4.69) is 33.8 Å². The molecule has 1 aliphatic heterocycles. The van der Waals surface area contributed by atoms with Crippen molar-refractivity contribution in [2.45, 2.75) is 77.9 Å². The maximum atomic E-state index is 12.0. The number of fused-ring (bicyclic) bond motifs is 3. The van der Waals surface area contributed by atoms with E-state index >= 15 is 0 Å². The number of rotatable bonds is 0. The smallest absolute Gasteiger partial charge is 0.306 e. The van der Waals surface area contributed by atoms with Crippen LogP contribution < -0.4 is 0 Å². The number of hydrogen-bond donors (Lipinski definition) is 1. The van der Waals surface area contributed by atoms with Crippen LogP contribution in [0.5, 0.6) is 0 Å². The van der Waals surface area contributed by atoms with Crippen LogP contribution in [-0.2, 0) is 9.53 Å². The van der Waals surface area contributed by atoms with Crippen LogP contribution in [0.25, 0.3) is 0 Å². The van der Waals surface area contributed by atoms with Gasteiger partial charge in [0.05, 0.1) is 6.10 Å². The molecule has 1 N–H and O–H groups in total. The van der Waals surface area contributed by atoms with Crippen LogP contribution in [-0.4, -0.2) is 22.8 Å². The normalized spacial score (nSPS) is 45.8. The molecule has 1 heterocycles. The Balaban J connectivity index is 2.09. The van der Waals surface area contributed by atoms with Crippen LogP contribution >= 0.6 is 0 Å². The second-order valence-electron chi connectivity index (χ2n) is 8.21. The Hall–Kier alpha value is -0.830. The summed E-state index contributed by atoms with van der Waals surface area (Å²) in [5.41, 5.74) is 0.806. The molecule has 0 unspecified atom stereocenters. The van der Waals surface area contributed by atoms with E-state index in [9.17, 15) is 9.90 Å². The predicted octanol–water partition coefficient (Wildman–Crippen LogP) is 3.61. The van der Waals surface area contributed by atoms with E-state index in [0.717, 1.165) is 32.1 Å². The van der Waals surface area contributed by atoms with E-state index in [1.165, 1.54) is 5.57 Å². The van der Waals surface area contributed by atoms with Gasteiger partial charge in [0.25, 0.3) is 0 Å². The summed E-state index contributed by atoms with van der Waals surface area (Å²) in [6, 6.07) is 0. The first kappa shape index (κ1) is 15.1. The van der Waals surface area contributed by atoms with Gasteiger partial charge in [0.2, 0.25) is 0 Å². The summed E-state index contributed by atoms with van der Waals surface area (Å²) in [5.74, 6) is 0.260. The summed E-state index contributed by atoms with van der Waals surface area (Å²) in [7, 11) is 0. The molecule has 0 radical (unpaired) electrons. The zero-order valence-electron chi connectivity index (χ0n) is 13.7. The van der Waals surface area contributed by atoms with Gasteiger partial charge in [0.1, 0.15) is 5.60 Å². The van der Waals surface area contributed by atoms with E-state index in [4.69, 9.17) is 4.74 Å². The lowest BCUT2D eigenvalue weighted by Gasteiger charge is -2.57. The molecule has 3 nitrogen and oxygen atoms in total. The molecule has 118 valence electrons. The van der Waals surface area contributed by atoms with Crippen molar-refractivity contribution < 1.29 is 14.6 Å². The van der Waals surface area contributed by atoms with Gasteiger partial charge in [0, 0.05) is 17.8 Å². The summed E-state index contributed by atoms with van der Waals surface area (Å²) in [6.45, 7) is 8.62. The van der Waals surface area contributed by atoms with Crippen molar-refractivity contribution in [3.05, 3.63) is 11.6 Å². The summed E-state index contributed by atoms with van der Waals surface area (Å²) < 4.78 is 5.74. The Bertz CT molecular complexity index is 493. The zero-order valence-corrected chi connectivity index (χ0v) is 13.7. The summed E-state index contributed by atoms with van der Waals surface area (Å²) in [5, 5.41) is 10.6. The number of esters is 1. The number of aliphatic hydroxyl groups is 1. The predicted molar refractivity (Wildman–Crippen MR) is 81.7 cm³/mol. The van der Waals surface area contributed by atoms with Crippen molar-refractivity contribution in [2.24, 2.45) is 16.7 Å². The van der Waals surface area contributed by atoms with Crippen LogP contribution in [0.15, 0.2) is 11.6 Å². The second kappa shape index (κ2) is 4.58. The molecule has 3 heteroatoms. The zero-order chi connectivity index (χ0) is 15.5. The van der Waals surface area contributed by atoms with E-state index in [1.807, 2.05) is 0 Å². The fourth-order valence-electron chi connectivity index (χ4n) is 5.45. The van der Waals surface area contributed by atoms with E-state index < -0.39 is 5.60 Å². The van der Waals surface area contributed by atoms with Crippen molar-refractivity contribution in [1.82, 2.24) is 0 Å². The minimum Gasteiger partial charge on any atom is -0.459 e. The van der Waals surface area contributed by atoms with E-state index in [0.29, 0.717) is 12.3 Å². The summed E-state index contributed by atoms with van der Waals surface area (Å²) >= 11 is 0.